The van der Waals surface area contributed by atoms with E-state index < -0.39 is 0 Å². The van der Waals surface area contributed by atoms with Gasteiger partial charge in [0.05, 0.1) is 17.0 Å². The maximum Gasteiger partial charge on any atom is 0.225 e. The normalized spacial score (nSPS) is 18.8. The summed E-state index contributed by atoms with van der Waals surface area (Å²) in [7, 11) is 0. The molecular formula is C18H22N4O2. The average molecular weight is 326 g/mol. The molecule has 0 N–H and O–H groups in total. The first-order chi connectivity index (χ1) is 11.6. The lowest BCUT2D eigenvalue weighted by Crippen LogP contribution is -2.39. The highest BCUT2D eigenvalue weighted by molar-refractivity contribution is 5.81. The Labute approximate surface area is 141 Å². The van der Waals surface area contributed by atoms with E-state index in [2.05, 4.69) is 10.1 Å². The molecule has 0 bridgehead atoms. The third-order valence-corrected chi connectivity index (χ3v) is 4.95. The van der Waals surface area contributed by atoms with Gasteiger partial charge in [0, 0.05) is 37.2 Å². The topological polar surface area (TPSA) is 72.1 Å². The maximum absolute atomic E-state index is 12.2. The SMILES string of the molecule is Cc1cc(-c2cnc(C)nc2C2CCN(C(=O)C3CC3)CC2)on1. The molecule has 2 aromatic heterocycles. The van der Waals surface area contributed by atoms with Crippen molar-refractivity contribution in [1.29, 1.82) is 0 Å². The summed E-state index contributed by atoms with van der Waals surface area (Å²) in [5, 5.41) is 3.98. The Bertz CT molecular complexity index is 758. The standard InChI is InChI=1S/C18H22N4O2/c1-11-9-16(24-21-11)15-10-19-12(2)20-17(15)13-5-7-22(8-6-13)18(23)14-3-4-14/h9-10,13-14H,3-8H2,1-2H3. The van der Waals surface area contributed by atoms with Crippen molar-refractivity contribution in [2.75, 3.05) is 13.1 Å². The second-order valence-corrected chi connectivity index (χ2v) is 6.92. The highest BCUT2D eigenvalue weighted by atomic mass is 16.5. The number of hydrogen-bond donors (Lipinski definition) is 0. The fraction of sp³-hybridized carbons (Fsp3) is 0.556. The Hall–Kier alpha value is -2.24. The van der Waals surface area contributed by atoms with Crippen LogP contribution in [0.5, 0.6) is 0 Å². The number of carbonyl (C=O) groups is 1. The van der Waals surface area contributed by atoms with Gasteiger partial charge in [0.15, 0.2) is 5.76 Å². The second-order valence-electron chi connectivity index (χ2n) is 6.92. The molecule has 2 aliphatic rings. The Morgan fingerprint density at radius 3 is 2.58 bits per heavy atom. The van der Waals surface area contributed by atoms with Crippen LogP contribution in [0.1, 0.15) is 48.8 Å². The predicted octanol–water partition coefficient (Wildman–Crippen LogP) is 2.86. The van der Waals surface area contributed by atoms with E-state index in [1.165, 1.54) is 0 Å². The molecule has 1 saturated carbocycles. The molecule has 0 spiro atoms. The summed E-state index contributed by atoms with van der Waals surface area (Å²) < 4.78 is 5.43. The quantitative estimate of drug-likeness (QED) is 0.867. The van der Waals surface area contributed by atoms with Crippen molar-refractivity contribution in [2.24, 2.45) is 5.92 Å². The molecule has 0 radical (unpaired) electrons. The number of likely N-dealkylation sites (tertiary alicyclic amines) is 1. The zero-order valence-electron chi connectivity index (χ0n) is 14.2. The highest BCUT2D eigenvalue weighted by Gasteiger charge is 2.35. The molecule has 1 amide bonds. The lowest BCUT2D eigenvalue weighted by Gasteiger charge is -2.32. The van der Waals surface area contributed by atoms with Gasteiger partial charge in [0.2, 0.25) is 5.91 Å². The van der Waals surface area contributed by atoms with Crippen LogP contribution in [0.25, 0.3) is 11.3 Å². The predicted molar refractivity (Wildman–Crippen MR) is 88.3 cm³/mol. The molecule has 2 fully saturated rings. The van der Waals surface area contributed by atoms with Crippen molar-refractivity contribution >= 4 is 5.91 Å². The molecule has 126 valence electrons. The Kier molecular flexibility index (Phi) is 3.82. The summed E-state index contributed by atoms with van der Waals surface area (Å²) in [5.41, 5.74) is 2.80. The van der Waals surface area contributed by atoms with E-state index >= 15 is 0 Å². The van der Waals surface area contributed by atoms with Crippen molar-refractivity contribution < 1.29 is 9.32 Å². The van der Waals surface area contributed by atoms with E-state index in [1.807, 2.05) is 31.0 Å². The van der Waals surface area contributed by atoms with E-state index in [4.69, 9.17) is 9.51 Å². The molecule has 2 aromatic rings. The van der Waals surface area contributed by atoms with Crippen LogP contribution in [-0.2, 0) is 4.79 Å². The van der Waals surface area contributed by atoms with E-state index in [9.17, 15) is 4.79 Å². The zero-order valence-corrected chi connectivity index (χ0v) is 14.2. The summed E-state index contributed by atoms with van der Waals surface area (Å²) in [4.78, 5) is 23.3. The Balaban J connectivity index is 1.56. The summed E-state index contributed by atoms with van der Waals surface area (Å²) in [6.07, 6.45) is 5.85. The largest absolute Gasteiger partial charge is 0.356 e. The number of hydrogen-bond acceptors (Lipinski definition) is 5. The Morgan fingerprint density at radius 2 is 1.96 bits per heavy atom. The van der Waals surface area contributed by atoms with E-state index in [-0.39, 0.29) is 0 Å². The van der Waals surface area contributed by atoms with Crippen molar-refractivity contribution in [3.8, 4) is 11.3 Å². The van der Waals surface area contributed by atoms with Gasteiger partial charge >= 0.3 is 0 Å². The third kappa shape index (κ3) is 2.92. The van der Waals surface area contributed by atoms with E-state index in [0.29, 0.717) is 17.7 Å². The minimum Gasteiger partial charge on any atom is -0.356 e. The number of amides is 1. The van der Waals surface area contributed by atoms with Gasteiger partial charge in [0.1, 0.15) is 5.82 Å². The van der Waals surface area contributed by atoms with E-state index in [0.717, 1.165) is 67.3 Å². The van der Waals surface area contributed by atoms with Gasteiger partial charge < -0.3 is 9.42 Å². The lowest BCUT2D eigenvalue weighted by atomic mass is 9.90. The summed E-state index contributed by atoms with van der Waals surface area (Å²) in [6.45, 7) is 5.45. The smallest absolute Gasteiger partial charge is 0.225 e. The van der Waals surface area contributed by atoms with Crippen molar-refractivity contribution in [3.63, 3.8) is 0 Å². The molecule has 24 heavy (non-hydrogen) atoms. The minimum absolute atomic E-state index is 0.301. The molecule has 1 saturated heterocycles. The minimum atomic E-state index is 0.301. The van der Waals surface area contributed by atoms with Crippen LogP contribution in [0, 0.1) is 19.8 Å². The molecule has 6 heteroatoms. The fourth-order valence-electron chi connectivity index (χ4n) is 3.44. The zero-order chi connectivity index (χ0) is 16.7. The van der Waals surface area contributed by atoms with Crippen LogP contribution in [0.3, 0.4) is 0 Å². The summed E-state index contributed by atoms with van der Waals surface area (Å²) in [5.74, 6) is 2.46. The van der Waals surface area contributed by atoms with Crippen molar-refractivity contribution in [2.45, 2.75) is 45.4 Å². The van der Waals surface area contributed by atoms with Crippen LogP contribution >= 0.6 is 0 Å². The molecular weight excluding hydrogens is 304 g/mol. The highest BCUT2D eigenvalue weighted by Crippen LogP contribution is 2.36. The summed E-state index contributed by atoms with van der Waals surface area (Å²) in [6, 6.07) is 1.92. The van der Waals surface area contributed by atoms with Gasteiger partial charge in [-0.05, 0) is 39.5 Å². The lowest BCUT2D eigenvalue weighted by molar-refractivity contribution is -0.133. The van der Waals surface area contributed by atoms with Crippen LogP contribution in [0.15, 0.2) is 16.8 Å². The van der Waals surface area contributed by atoms with Crippen LogP contribution < -0.4 is 0 Å². The first kappa shape index (κ1) is 15.3. The molecule has 3 heterocycles. The van der Waals surface area contributed by atoms with Crippen molar-refractivity contribution in [1.82, 2.24) is 20.0 Å². The molecule has 0 aromatic carbocycles. The monoisotopic (exact) mass is 326 g/mol. The maximum atomic E-state index is 12.2. The number of rotatable bonds is 3. The van der Waals surface area contributed by atoms with Crippen molar-refractivity contribution in [3.05, 3.63) is 29.5 Å². The summed E-state index contributed by atoms with van der Waals surface area (Å²) >= 11 is 0. The van der Waals surface area contributed by atoms with Gasteiger partial charge in [-0.25, -0.2) is 9.97 Å². The third-order valence-electron chi connectivity index (χ3n) is 4.95. The van der Waals surface area contributed by atoms with Gasteiger partial charge in [-0.2, -0.15) is 0 Å². The number of nitrogens with zero attached hydrogens (tertiary/aromatic N) is 4. The van der Waals surface area contributed by atoms with Gasteiger partial charge in [-0.1, -0.05) is 5.16 Å². The average Bonchev–Trinajstić information content (AvgIpc) is 3.36. The van der Waals surface area contributed by atoms with E-state index in [1.54, 1.807) is 0 Å². The molecule has 1 aliphatic carbocycles. The first-order valence-corrected chi connectivity index (χ1v) is 8.68. The number of carbonyl (C=O) groups excluding carboxylic acids is 1. The van der Waals surface area contributed by atoms with Crippen LogP contribution in [-0.4, -0.2) is 39.0 Å². The van der Waals surface area contributed by atoms with Crippen LogP contribution in [0.4, 0.5) is 0 Å². The number of aromatic nitrogens is 3. The Morgan fingerprint density at radius 1 is 1.21 bits per heavy atom. The van der Waals surface area contributed by atoms with Gasteiger partial charge in [-0.3, -0.25) is 4.79 Å². The van der Waals surface area contributed by atoms with Gasteiger partial charge in [0.25, 0.3) is 0 Å². The molecule has 1 aliphatic heterocycles. The first-order valence-electron chi connectivity index (χ1n) is 8.68. The number of piperidine rings is 1. The molecule has 0 unspecified atom stereocenters. The molecule has 6 nitrogen and oxygen atoms in total. The molecule has 4 rings (SSSR count). The van der Waals surface area contributed by atoms with Crippen LogP contribution in [0.2, 0.25) is 0 Å². The number of aryl methyl sites for hydroxylation is 2. The van der Waals surface area contributed by atoms with Gasteiger partial charge in [-0.15, -0.1) is 0 Å². The second kappa shape index (κ2) is 6.00. The molecule has 0 atom stereocenters. The fourth-order valence-corrected chi connectivity index (χ4v) is 3.44.